The van der Waals surface area contributed by atoms with Crippen molar-refractivity contribution in [3.8, 4) is 11.5 Å². The zero-order valence-electron chi connectivity index (χ0n) is 15.8. The number of nitrogens with zero attached hydrogens (tertiary/aromatic N) is 1. The molecule has 0 unspecified atom stereocenters. The Morgan fingerprint density at radius 1 is 0.800 bits per heavy atom. The Hall–Kier alpha value is -2.29. The van der Waals surface area contributed by atoms with Gasteiger partial charge in [-0.3, -0.25) is 4.99 Å². The third-order valence-electron chi connectivity index (χ3n) is 5.05. The monoisotopic (exact) mass is 337 g/mol. The van der Waals surface area contributed by atoms with Crippen molar-refractivity contribution >= 4 is 5.71 Å². The summed E-state index contributed by atoms with van der Waals surface area (Å²) in [6.07, 6.45) is 2.00. The van der Waals surface area contributed by atoms with E-state index in [2.05, 4.69) is 45.0 Å². The summed E-state index contributed by atoms with van der Waals surface area (Å²) in [6.45, 7) is 6.72. The van der Waals surface area contributed by atoms with Crippen molar-refractivity contribution in [2.24, 2.45) is 10.4 Å². The van der Waals surface area contributed by atoms with E-state index >= 15 is 0 Å². The summed E-state index contributed by atoms with van der Waals surface area (Å²) in [5, 5.41) is 0. The van der Waals surface area contributed by atoms with Crippen LogP contribution in [0.4, 0.5) is 0 Å². The minimum atomic E-state index is -0.332. The summed E-state index contributed by atoms with van der Waals surface area (Å²) >= 11 is 0. The molecule has 0 fully saturated rings. The summed E-state index contributed by atoms with van der Waals surface area (Å²) < 4.78 is 10.6. The highest BCUT2D eigenvalue weighted by Crippen LogP contribution is 2.45. The van der Waals surface area contributed by atoms with Crippen LogP contribution in [0.3, 0.4) is 0 Å². The van der Waals surface area contributed by atoms with E-state index in [0.717, 1.165) is 24.3 Å². The highest BCUT2D eigenvalue weighted by molar-refractivity contribution is 5.92. The van der Waals surface area contributed by atoms with Gasteiger partial charge < -0.3 is 9.47 Å². The van der Waals surface area contributed by atoms with Crippen molar-refractivity contribution in [2.75, 3.05) is 14.2 Å². The molecule has 0 radical (unpaired) electrons. The van der Waals surface area contributed by atoms with Gasteiger partial charge >= 0.3 is 0 Å². The molecular formula is C22H27NO2. The lowest BCUT2D eigenvalue weighted by molar-refractivity contribution is 0.413. The van der Waals surface area contributed by atoms with Crippen LogP contribution >= 0.6 is 0 Å². The first-order chi connectivity index (χ1) is 11.9. The minimum Gasteiger partial charge on any atom is -0.497 e. The Morgan fingerprint density at radius 2 is 1.24 bits per heavy atom. The van der Waals surface area contributed by atoms with E-state index in [1.165, 1.54) is 16.8 Å². The Morgan fingerprint density at radius 3 is 1.56 bits per heavy atom. The first kappa shape index (κ1) is 17.5. The molecule has 25 heavy (non-hydrogen) atoms. The number of rotatable bonds is 4. The maximum atomic E-state index is 5.32. The molecule has 0 saturated carbocycles. The fourth-order valence-electron chi connectivity index (χ4n) is 3.50. The first-order valence-corrected chi connectivity index (χ1v) is 8.77. The van der Waals surface area contributed by atoms with Crippen LogP contribution in [0.5, 0.6) is 11.5 Å². The van der Waals surface area contributed by atoms with Crippen molar-refractivity contribution in [3.63, 3.8) is 0 Å². The molecule has 3 nitrogen and oxygen atoms in total. The molecule has 0 spiro atoms. The molecule has 0 atom stereocenters. The summed E-state index contributed by atoms with van der Waals surface area (Å²) in [5.41, 5.74) is 3.44. The van der Waals surface area contributed by atoms with E-state index in [0.29, 0.717) is 0 Å². The molecule has 0 saturated heterocycles. The molecule has 2 aromatic rings. The molecule has 132 valence electrons. The maximum Gasteiger partial charge on any atom is 0.118 e. The van der Waals surface area contributed by atoms with Gasteiger partial charge in [-0.1, -0.05) is 45.0 Å². The topological polar surface area (TPSA) is 30.8 Å². The van der Waals surface area contributed by atoms with Crippen LogP contribution in [0.1, 0.15) is 44.7 Å². The highest BCUT2D eigenvalue weighted by atomic mass is 16.5. The molecule has 2 aromatic carbocycles. The largest absolute Gasteiger partial charge is 0.497 e. The van der Waals surface area contributed by atoms with Crippen LogP contribution in [0.15, 0.2) is 53.5 Å². The zero-order valence-corrected chi connectivity index (χ0v) is 15.8. The number of hydrogen-bond acceptors (Lipinski definition) is 3. The van der Waals surface area contributed by atoms with E-state index in [1.54, 1.807) is 14.2 Å². The van der Waals surface area contributed by atoms with Gasteiger partial charge in [0.05, 0.1) is 14.2 Å². The van der Waals surface area contributed by atoms with E-state index in [9.17, 15) is 0 Å². The predicted octanol–water partition coefficient (Wildman–Crippen LogP) is 5.23. The first-order valence-electron chi connectivity index (χ1n) is 8.77. The molecule has 0 N–H and O–H groups in total. The summed E-state index contributed by atoms with van der Waals surface area (Å²) in [5.74, 6) is 1.73. The lowest BCUT2D eigenvalue weighted by Crippen LogP contribution is -2.23. The zero-order chi connectivity index (χ0) is 18.1. The molecule has 0 aliphatic carbocycles. The van der Waals surface area contributed by atoms with Crippen LogP contribution in [-0.4, -0.2) is 19.9 Å². The van der Waals surface area contributed by atoms with Gasteiger partial charge in [0.25, 0.3) is 0 Å². The predicted molar refractivity (Wildman–Crippen MR) is 103 cm³/mol. The molecule has 1 aliphatic rings. The summed E-state index contributed by atoms with van der Waals surface area (Å²) in [6, 6.07) is 16.6. The fourth-order valence-corrected chi connectivity index (χ4v) is 3.50. The number of hydrogen-bond donors (Lipinski definition) is 0. The molecule has 0 bridgehead atoms. The van der Waals surface area contributed by atoms with Crippen LogP contribution < -0.4 is 9.47 Å². The van der Waals surface area contributed by atoms with Crippen molar-refractivity contribution in [2.45, 2.75) is 39.2 Å². The SMILES string of the molecule is COc1ccc(C2(c3ccc(OC)cc3)CCC(C(C)(C)C)=N2)cc1. The quantitative estimate of drug-likeness (QED) is 0.765. The van der Waals surface area contributed by atoms with Gasteiger partial charge in [-0.05, 0) is 53.6 Å². The molecule has 3 heteroatoms. The lowest BCUT2D eigenvalue weighted by atomic mass is 9.81. The lowest BCUT2D eigenvalue weighted by Gasteiger charge is -2.28. The van der Waals surface area contributed by atoms with Gasteiger partial charge in [-0.2, -0.15) is 0 Å². The molecule has 0 amide bonds. The van der Waals surface area contributed by atoms with Crippen LogP contribution in [0.2, 0.25) is 0 Å². The second kappa shape index (κ2) is 6.55. The van der Waals surface area contributed by atoms with Crippen LogP contribution in [0.25, 0.3) is 0 Å². The van der Waals surface area contributed by atoms with E-state index in [1.807, 2.05) is 24.3 Å². The second-order valence-electron chi connectivity index (χ2n) is 7.63. The summed E-state index contributed by atoms with van der Waals surface area (Å²) in [7, 11) is 3.39. The van der Waals surface area contributed by atoms with E-state index in [4.69, 9.17) is 14.5 Å². The second-order valence-corrected chi connectivity index (χ2v) is 7.63. The fraction of sp³-hybridized carbons (Fsp3) is 0.409. The number of aliphatic imine (C=N–C) groups is 1. The molecular weight excluding hydrogens is 310 g/mol. The molecule has 0 aromatic heterocycles. The average Bonchev–Trinajstić information content (AvgIpc) is 3.09. The Kier molecular flexibility index (Phi) is 4.59. The normalized spacial score (nSPS) is 16.4. The van der Waals surface area contributed by atoms with Crippen molar-refractivity contribution in [3.05, 3.63) is 59.7 Å². The third-order valence-corrected chi connectivity index (χ3v) is 5.05. The van der Waals surface area contributed by atoms with Crippen LogP contribution in [-0.2, 0) is 5.54 Å². The van der Waals surface area contributed by atoms with Gasteiger partial charge in [-0.15, -0.1) is 0 Å². The van der Waals surface area contributed by atoms with Gasteiger partial charge in [0, 0.05) is 5.71 Å². The maximum absolute atomic E-state index is 5.32. The number of benzene rings is 2. The number of ether oxygens (including phenoxy) is 2. The van der Waals surface area contributed by atoms with E-state index < -0.39 is 0 Å². The van der Waals surface area contributed by atoms with Gasteiger partial charge in [0.15, 0.2) is 0 Å². The van der Waals surface area contributed by atoms with Crippen molar-refractivity contribution < 1.29 is 9.47 Å². The van der Waals surface area contributed by atoms with E-state index in [-0.39, 0.29) is 11.0 Å². The Labute approximate surface area is 150 Å². The molecule has 1 heterocycles. The average molecular weight is 337 g/mol. The van der Waals surface area contributed by atoms with Crippen molar-refractivity contribution in [1.29, 1.82) is 0 Å². The Balaban J connectivity index is 2.12. The molecule has 1 aliphatic heterocycles. The highest BCUT2D eigenvalue weighted by Gasteiger charge is 2.40. The number of methoxy groups -OCH3 is 2. The smallest absolute Gasteiger partial charge is 0.118 e. The summed E-state index contributed by atoms with van der Waals surface area (Å²) in [4.78, 5) is 5.28. The van der Waals surface area contributed by atoms with Gasteiger partial charge in [-0.25, -0.2) is 0 Å². The molecule has 3 rings (SSSR count). The van der Waals surface area contributed by atoms with Crippen molar-refractivity contribution in [1.82, 2.24) is 0 Å². The van der Waals surface area contributed by atoms with Crippen LogP contribution in [0, 0.1) is 5.41 Å². The van der Waals surface area contributed by atoms with Gasteiger partial charge in [0.2, 0.25) is 0 Å². The van der Waals surface area contributed by atoms with Gasteiger partial charge in [0.1, 0.15) is 17.0 Å². The Bertz CT molecular complexity index is 705. The standard InChI is InChI=1S/C22H27NO2/c1-21(2,3)20-14-15-22(23-20,16-6-10-18(24-4)11-7-16)17-8-12-19(25-5)13-9-17/h6-13H,14-15H2,1-5H3. The third kappa shape index (κ3) is 3.28. The minimum absolute atomic E-state index is 0.0840.